The molecular weight excluding hydrogens is 268 g/mol. The number of hydrogen-bond donors (Lipinski definition) is 0. The number of hydrogen-bond acceptors (Lipinski definition) is 3. The number of fused-ring (bicyclic) bond motifs is 1. The number of rotatable bonds is 1. The quantitative estimate of drug-likeness (QED) is 0.793. The van der Waals surface area contributed by atoms with Crippen LogP contribution in [0.1, 0.15) is 30.1 Å². The van der Waals surface area contributed by atoms with Gasteiger partial charge in [-0.15, -0.1) is 0 Å². The van der Waals surface area contributed by atoms with Gasteiger partial charge in [0.25, 0.3) is 11.8 Å². The van der Waals surface area contributed by atoms with Crippen LogP contribution in [0.3, 0.4) is 0 Å². The van der Waals surface area contributed by atoms with Crippen LogP contribution < -0.4 is 9.64 Å². The number of amides is 2. The van der Waals surface area contributed by atoms with E-state index in [-0.39, 0.29) is 18.4 Å². The van der Waals surface area contributed by atoms with Crippen LogP contribution in [0, 0.1) is 5.92 Å². The average Bonchev–Trinajstić information content (AvgIpc) is 2.50. The zero-order valence-electron chi connectivity index (χ0n) is 12.5. The molecule has 0 spiro atoms. The van der Waals surface area contributed by atoms with E-state index in [1.54, 1.807) is 30.1 Å². The molecule has 0 radical (unpaired) electrons. The summed E-state index contributed by atoms with van der Waals surface area (Å²) in [4.78, 5) is 27.7. The smallest absolute Gasteiger partial charge is 0.264 e. The highest BCUT2D eigenvalue weighted by Crippen LogP contribution is 2.32. The Morgan fingerprint density at radius 3 is 2.95 bits per heavy atom. The maximum atomic E-state index is 12.6. The second-order valence-electron chi connectivity index (χ2n) is 5.92. The van der Waals surface area contributed by atoms with Gasteiger partial charge in [-0.05, 0) is 37.0 Å². The van der Waals surface area contributed by atoms with E-state index in [0.717, 1.165) is 19.5 Å². The van der Waals surface area contributed by atoms with Crippen LogP contribution in [-0.2, 0) is 4.79 Å². The molecule has 0 aromatic heterocycles. The van der Waals surface area contributed by atoms with Crippen molar-refractivity contribution in [2.45, 2.75) is 19.8 Å². The third-order valence-electron chi connectivity index (χ3n) is 4.24. The summed E-state index contributed by atoms with van der Waals surface area (Å²) in [6.07, 6.45) is 2.23. The molecule has 1 atom stereocenters. The third kappa shape index (κ3) is 2.60. The van der Waals surface area contributed by atoms with E-state index >= 15 is 0 Å². The van der Waals surface area contributed by atoms with Crippen molar-refractivity contribution in [2.24, 2.45) is 5.92 Å². The Kier molecular flexibility index (Phi) is 3.57. The third-order valence-corrected chi connectivity index (χ3v) is 4.24. The molecule has 1 aromatic rings. The highest BCUT2D eigenvalue weighted by molar-refractivity contribution is 6.01. The summed E-state index contributed by atoms with van der Waals surface area (Å²) >= 11 is 0. The molecule has 2 aliphatic rings. The first-order chi connectivity index (χ1) is 10.1. The predicted molar refractivity (Wildman–Crippen MR) is 79.6 cm³/mol. The lowest BCUT2D eigenvalue weighted by atomic mass is 9.99. The number of benzene rings is 1. The Balaban J connectivity index is 1.86. The molecular formula is C16H20N2O3. The SMILES string of the molecule is CC1CCCN(C(=O)c2ccc3c(c2)N(C)C(=O)CO3)C1. The first-order valence-electron chi connectivity index (χ1n) is 7.39. The van der Waals surface area contributed by atoms with Crippen LogP contribution >= 0.6 is 0 Å². The van der Waals surface area contributed by atoms with E-state index in [9.17, 15) is 9.59 Å². The minimum Gasteiger partial charge on any atom is -0.482 e. The van der Waals surface area contributed by atoms with Crippen LogP contribution in [0.15, 0.2) is 18.2 Å². The molecule has 2 aliphatic heterocycles. The molecule has 0 aliphatic carbocycles. The number of carbonyl (C=O) groups is 2. The van der Waals surface area contributed by atoms with Crippen LogP contribution in [0.2, 0.25) is 0 Å². The van der Waals surface area contributed by atoms with E-state index < -0.39 is 0 Å². The number of likely N-dealkylation sites (tertiary alicyclic amines) is 1. The Morgan fingerprint density at radius 1 is 1.38 bits per heavy atom. The minimum atomic E-state index is -0.0984. The molecule has 1 aromatic carbocycles. The molecule has 0 bridgehead atoms. The minimum absolute atomic E-state index is 0.0378. The fraction of sp³-hybridized carbons (Fsp3) is 0.500. The van der Waals surface area contributed by atoms with Crippen molar-refractivity contribution in [1.29, 1.82) is 0 Å². The number of anilines is 1. The molecule has 1 fully saturated rings. The maximum Gasteiger partial charge on any atom is 0.264 e. The van der Waals surface area contributed by atoms with Crippen molar-refractivity contribution in [2.75, 3.05) is 31.6 Å². The average molecular weight is 288 g/mol. The lowest BCUT2D eigenvalue weighted by molar-refractivity contribution is -0.120. The zero-order chi connectivity index (χ0) is 15.0. The number of nitrogens with zero attached hydrogens (tertiary/aromatic N) is 2. The Morgan fingerprint density at radius 2 is 2.19 bits per heavy atom. The van der Waals surface area contributed by atoms with Gasteiger partial charge in [0.1, 0.15) is 5.75 Å². The summed E-state index contributed by atoms with van der Waals surface area (Å²) in [5.74, 6) is 1.14. The van der Waals surface area contributed by atoms with Gasteiger partial charge in [-0.2, -0.15) is 0 Å². The standard InChI is InChI=1S/C16H20N2O3/c1-11-4-3-7-18(9-11)16(20)12-5-6-14-13(8-12)17(2)15(19)10-21-14/h5-6,8,11H,3-4,7,9-10H2,1-2H3. The van der Waals surface area contributed by atoms with Gasteiger partial charge >= 0.3 is 0 Å². The van der Waals surface area contributed by atoms with Gasteiger partial charge in [0.05, 0.1) is 5.69 Å². The van der Waals surface area contributed by atoms with Crippen molar-refractivity contribution in [1.82, 2.24) is 4.90 Å². The molecule has 0 saturated carbocycles. The number of carbonyl (C=O) groups excluding carboxylic acids is 2. The van der Waals surface area contributed by atoms with Gasteiger partial charge in [0, 0.05) is 25.7 Å². The van der Waals surface area contributed by atoms with Crippen LogP contribution in [0.25, 0.3) is 0 Å². The monoisotopic (exact) mass is 288 g/mol. The lowest BCUT2D eigenvalue weighted by Gasteiger charge is -2.31. The normalized spacial score (nSPS) is 21.8. The summed E-state index contributed by atoms with van der Waals surface area (Å²) in [5, 5.41) is 0. The molecule has 1 saturated heterocycles. The molecule has 3 rings (SSSR count). The molecule has 5 heteroatoms. The van der Waals surface area contributed by atoms with Crippen LogP contribution in [0.5, 0.6) is 5.75 Å². The van der Waals surface area contributed by atoms with Crippen molar-refractivity contribution >= 4 is 17.5 Å². The summed E-state index contributed by atoms with van der Waals surface area (Å²) in [6, 6.07) is 5.32. The van der Waals surface area contributed by atoms with E-state index in [0.29, 0.717) is 22.9 Å². The van der Waals surface area contributed by atoms with Gasteiger partial charge in [0.2, 0.25) is 0 Å². The molecule has 2 amide bonds. The highest BCUT2D eigenvalue weighted by Gasteiger charge is 2.26. The molecule has 5 nitrogen and oxygen atoms in total. The highest BCUT2D eigenvalue weighted by atomic mass is 16.5. The van der Waals surface area contributed by atoms with Gasteiger partial charge in [-0.25, -0.2) is 0 Å². The molecule has 0 N–H and O–H groups in total. The summed E-state index contributed by atoms with van der Waals surface area (Å²) in [5.41, 5.74) is 1.29. The fourth-order valence-electron chi connectivity index (χ4n) is 2.96. The van der Waals surface area contributed by atoms with Crippen LogP contribution in [0.4, 0.5) is 5.69 Å². The second kappa shape index (κ2) is 5.39. The largest absolute Gasteiger partial charge is 0.482 e. The summed E-state index contributed by atoms with van der Waals surface area (Å²) < 4.78 is 5.39. The Hall–Kier alpha value is -2.04. The van der Waals surface area contributed by atoms with Gasteiger partial charge < -0.3 is 14.5 Å². The van der Waals surface area contributed by atoms with E-state index in [2.05, 4.69) is 6.92 Å². The van der Waals surface area contributed by atoms with Crippen LogP contribution in [-0.4, -0.2) is 43.5 Å². The maximum absolute atomic E-state index is 12.6. The lowest BCUT2D eigenvalue weighted by Crippen LogP contribution is -2.39. The van der Waals surface area contributed by atoms with Gasteiger partial charge in [0.15, 0.2) is 6.61 Å². The number of likely N-dealkylation sites (N-methyl/N-ethyl adjacent to an activating group) is 1. The molecule has 21 heavy (non-hydrogen) atoms. The number of ether oxygens (including phenoxy) is 1. The zero-order valence-corrected chi connectivity index (χ0v) is 12.5. The van der Waals surface area contributed by atoms with E-state index in [1.165, 1.54) is 6.42 Å². The van der Waals surface area contributed by atoms with Gasteiger partial charge in [-0.3, -0.25) is 9.59 Å². The summed E-state index contributed by atoms with van der Waals surface area (Å²) in [6.45, 7) is 3.85. The molecule has 112 valence electrons. The van der Waals surface area contributed by atoms with Gasteiger partial charge in [-0.1, -0.05) is 6.92 Å². The van der Waals surface area contributed by atoms with E-state index in [4.69, 9.17) is 4.74 Å². The topological polar surface area (TPSA) is 49.9 Å². The first kappa shape index (κ1) is 13.9. The summed E-state index contributed by atoms with van der Waals surface area (Å²) in [7, 11) is 1.71. The van der Waals surface area contributed by atoms with Crippen molar-refractivity contribution < 1.29 is 14.3 Å². The first-order valence-corrected chi connectivity index (χ1v) is 7.39. The fourth-order valence-corrected chi connectivity index (χ4v) is 2.96. The van der Waals surface area contributed by atoms with Crippen molar-refractivity contribution in [3.8, 4) is 5.75 Å². The molecule has 2 heterocycles. The molecule has 1 unspecified atom stereocenters. The second-order valence-corrected chi connectivity index (χ2v) is 5.92. The van der Waals surface area contributed by atoms with Crippen molar-refractivity contribution in [3.05, 3.63) is 23.8 Å². The Labute approximate surface area is 124 Å². The number of piperidine rings is 1. The van der Waals surface area contributed by atoms with E-state index in [1.807, 2.05) is 4.90 Å². The Bertz CT molecular complexity index is 585. The predicted octanol–water partition coefficient (Wildman–Crippen LogP) is 1.91. The van der Waals surface area contributed by atoms with Crippen molar-refractivity contribution in [3.63, 3.8) is 0 Å².